The minimum absolute atomic E-state index is 0.203. The topological polar surface area (TPSA) is 68.2 Å². The smallest absolute Gasteiger partial charge is 0.289 e. The molecule has 1 aliphatic rings. The highest BCUT2D eigenvalue weighted by Gasteiger charge is 2.40. The highest BCUT2D eigenvalue weighted by molar-refractivity contribution is 6.32. The molecule has 0 aliphatic heterocycles. The first-order valence-corrected chi connectivity index (χ1v) is 14.6. The third-order valence-corrected chi connectivity index (χ3v) is 8.41. The summed E-state index contributed by atoms with van der Waals surface area (Å²) in [5.74, 6) is 3.87. The number of halogens is 2. The number of aromatic nitrogens is 2. The second-order valence-electron chi connectivity index (χ2n) is 11.0. The molecule has 1 saturated carbocycles. The summed E-state index contributed by atoms with van der Waals surface area (Å²) in [5.41, 5.74) is 3.35. The van der Waals surface area contributed by atoms with E-state index in [4.69, 9.17) is 25.7 Å². The van der Waals surface area contributed by atoms with Crippen molar-refractivity contribution in [2.75, 3.05) is 5.32 Å². The molecule has 6 rings (SSSR count). The fourth-order valence-electron chi connectivity index (χ4n) is 5.71. The fourth-order valence-corrected chi connectivity index (χ4v) is 5.94. The molecule has 5 aromatic rings. The molecule has 1 N–H and O–H groups in total. The first-order chi connectivity index (χ1) is 20.4. The standard InChI is InChI=1S/C34H31ClFN3O3/c1-3-23-14-28(23)21(2)17-39-20-37-34(29-15-24(7-10-31(29)39)32-12-9-27(18-40)42-32)38-26-8-11-33(30(35)16-26)41-19-22-5-4-6-25(36)13-22/h4-13,15-16,18,20-21,23,28H,3,14,17,19H2,1-2H3/p+1. The van der Waals surface area contributed by atoms with Gasteiger partial charge in [0.25, 0.3) is 12.1 Å². The van der Waals surface area contributed by atoms with E-state index in [0.29, 0.717) is 34.6 Å². The van der Waals surface area contributed by atoms with Crippen molar-refractivity contribution in [3.05, 3.63) is 101 Å². The molecule has 0 saturated heterocycles. The van der Waals surface area contributed by atoms with E-state index in [1.54, 1.807) is 36.4 Å². The van der Waals surface area contributed by atoms with Crippen LogP contribution < -0.4 is 14.6 Å². The van der Waals surface area contributed by atoms with Gasteiger partial charge >= 0.3 is 0 Å². The van der Waals surface area contributed by atoms with Crippen molar-refractivity contribution < 1.29 is 22.9 Å². The molecule has 3 unspecified atom stereocenters. The lowest BCUT2D eigenvalue weighted by Gasteiger charge is -2.13. The van der Waals surface area contributed by atoms with Crippen molar-refractivity contribution in [1.82, 2.24) is 4.98 Å². The fraction of sp³-hybridized carbons (Fsp3) is 0.265. The number of furan rings is 1. The predicted octanol–water partition coefficient (Wildman–Crippen LogP) is 8.39. The lowest BCUT2D eigenvalue weighted by molar-refractivity contribution is -0.681. The van der Waals surface area contributed by atoms with Gasteiger partial charge < -0.3 is 14.5 Å². The zero-order chi connectivity index (χ0) is 29.2. The number of nitrogens with one attached hydrogen (secondary N) is 1. The number of nitrogens with zero attached hydrogens (tertiary/aromatic N) is 2. The maximum absolute atomic E-state index is 13.5. The van der Waals surface area contributed by atoms with Gasteiger partial charge in [-0.05, 0) is 95.4 Å². The summed E-state index contributed by atoms with van der Waals surface area (Å²) in [5, 5.41) is 4.76. The Morgan fingerprint density at radius 3 is 2.79 bits per heavy atom. The quantitative estimate of drug-likeness (QED) is 0.125. The molecule has 2 aromatic heterocycles. The van der Waals surface area contributed by atoms with Crippen LogP contribution in [-0.2, 0) is 13.2 Å². The number of carbonyl (C=O) groups is 1. The van der Waals surface area contributed by atoms with Crippen LogP contribution in [0.4, 0.5) is 15.9 Å². The van der Waals surface area contributed by atoms with Gasteiger partial charge in [-0.1, -0.05) is 44.0 Å². The van der Waals surface area contributed by atoms with Crippen molar-refractivity contribution in [2.45, 2.75) is 39.8 Å². The van der Waals surface area contributed by atoms with E-state index in [1.807, 2.05) is 24.5 Å². The van der Waals surface area contributed by atoms with Crippen LogP contribution in [0, 0.1) is 23.6 Å². The van der Waals surface area contributed by atoms with Gasteiger partial charge in [0, 0.05) is 11.3 Å². The summed E-state index contributed by atoms with van der Waals surface area (Å²) in [6.07, 6.45) is 5.12. The summed E-state index contributed by atoms with van der Waals surface area (Å²) < 4.78 is 27.3. The lowest BCUT2D eigenvalue weighted by Crippen LogP contribution is -2.39. The second-order valence-corrected chi connectivity index (χ2v) is 11.4. The maximum Gasteiger partial charge on any atom is 0.289 e. The van der Waals surface area contributed by atoms with Crippen LogP contribution in [0.1, 0.15) is 42.8 Å². The SMILES string of the molecule is CCC1CC1C(C)C[n+]1cnc(Nc2ccc(OCc3cccc(F)c3)c(Cl)c2)c2cc(-c3ccc(C=O)o3)ccc21. The van der Waals surface area contributed by atoms with Gasteiger partial charge in [0.2, 0.25) is 0 Å². The number of hydrogen-bond acceptors (Lipinski definition) is 5. The van der Waals surface area contributed by atoms with Crippen molar-refractivity contribution in [2.24, 2.45) is 17.8 Å². The van der Waals surface area contributed by atoms with Crippen molar-refractivity contribution >= 4 is 40.3 Å². The van der Waals surface area contributed by atoms with E-state index in [2.05, 4.69) is 29.8 Å². The summed E-state index contributed by atoms with van der Waals surface area (Å²) in [6.45, 7) is 5.67. The molecule has 3 atom stereocenters. The highest BCUT2D eigenvalue weighted by Crippen LogP contribution is 2.46. The number of ether oxygens (including phenoxy) is 1. The predicted molar refractivity (Wildman–Crippen MR) is 162 cm³/mol. The van der Waals surface area contributed by atoms with Crippen LogP contribution in [0.5, 0.6) is 5.75 Å². The largest absolute Gasteiger partial charge is 0.487 e. The molecule has 1 fully saturated rings. The maximum atomic E-state index is 13.5. The van der Waals surface area contributed by atoms with Gasteiger partial charge in [-0.15, -0.1) is 0 Å². The Bertz CT molecular complexity index is 1750. The first kappa shape index (κ1) is 27.9. The van der Waals surface area contributed by atoms with E-state index in [9.17, 15) is 9.18 Å². The van der Waals surface area contributed by atoms with Crippen LogP contribution in [-0.4, -0.2) is 11.3 Å². The minimum atomic E-state index is -0.308. The van der Waals surface area contributed by atoms with E-state index in [0.717, 1.165) is 46.1 Å². The lowest BCUT2D eigenvalue weighted by atomic mass is 10.0. The summed E-state index contributed by atoms with van der Waals surface area (Å²) in [6, 6.07) is 21.3. The number of fused-ring (bicyclic) bond motifs is 1. The van der Waals surface area contributed by atoms with Crippen LogP contribution >= 0.6 is 11.6 Å². The van der Waals surface area contributed by atoms with Gasteiger partial charge in [0.15, 0.2) is 12.0 Å². The molecule has 0 radical (unpaired) electrons. The van der Waals surface area contributed by atoms with Crippen molar-refractivity contribution in [3.8, 4) is 17.1 Å². The summed E-state index contributed by atoms with van der Waals surface area (Å²) in [4.78, 5) is 16.0. The molecule has 42 heavy (non-hydrogen) atoms. The Morgan fingerprint density at radius 2 is 2.05 bits per heavy atom. The molecule has 3 aromatic carbocycles. The van der Waals surface area contributed by atoms with Gasteiger partial charge in [-0.3, -0.25) is 4.79 Å². The first-order valence-electron chi connectivity index (χ1n) is 14.2. The van der Waals surface area contributed by atoms with Crippen LogP contribution in [0.25, 0.3) is 22.2 Å². The molecule has 6 nitrogen and oxygen atoms in total. The average molecular weight is 585 g/mol. The van der Waals surface area contributed by atoms with E-state index < -0.39 is 0 Å². The Labute approximate surface area is 249 Å². The highest BCUT2D eigenvalue weighted by atomic mass is 35.5. The molecule has 214 valence electrons. The van der Waals surface area contributed by atoms with E-state index >= 15 is 0 Å². The third-order valence-electron chi connectivity index (χ3n) is 8.11. The Kier molecular flexibility index (Phi) is 7.94. The number of carbonyl (C=O) groups excluding carboxylic acids is 1. The Balaban J connectivity index is 1.29. The van der Waals surface area contributed by atoms with Gasteiger partial charge in [0.1, 0.15) is 29.5 Å². The zero-order valence-electron chi connectivity index (χ0n) is 23.5. The van der Waals surface area contributed by atoms with Crippen LogP contribution in [0.3, 0.4) is 0 Å². The van der Waals surface area contributed by atoms with Gasteiger partial charge in [-0.25, -0.2) is 8.96 Å². The summed E-state index contributed by atoms with van der Waals surface area (Å²) in [7, 11) is 0. The van der Waals surface area contributed by atoms with Crippen molar-refractivity contribution in [3.63, 3.8) is 0 Å². The van der Waals surface area contributed by atoms with Gasteiger partial charge in [-0.2, -0.15) is 0 Å². The molecule has 0 amide bonds. The molecular formula is C34H32ClFN3O3+. The number of hydrogen-bond donors (Lipinski definition) is 1. The van der Waals surface area contributed by atoms with Crippen molar-refractivity contribution in [1.29, 1.82) is 0 Å². The Morgan fingerprint density at radius 1 is 1.17 bits per heavy atom. The molecule has 8 heteroatoms. The normalized spacial score (nSPS) is 16.8. The van der Waals surface area contributed by atoms with Crippen LogP contribution in [0.2, 0.25) is 5.02 Å². The monoisotopic (exact) mass is 584 g/mol. The van der Waals surface area contributed by atoms with Crippen LogP contribution in [0.15, 0.2) is 83.5 Å². The molecule has 1 aliphatic carbocycles. The minimum Gasteiger partial charge on any atom is -0.487 e. The van der Waals surface area contributed by atoms with E-state index in [1.165, 1.54) is 25.0 Å². The number of anilines is 2. The molecular weight excluding hydrogens is 553 g/mol. The third kappa shape index (κ3) is 6.02. The average Bonchev–Trinajstić information content (AvgIpc) is 3.64. The second kappa shape index (κ2) is 11.9. The van der Waals surface area contributed by atoms with Gasteiger partial charge in [0.05, 0.1) is 17.0 Å². The number of benzene rings is 3. The summed E-state index contributed by atoms with van der Waals surface area (Å²) >= 11 is 6.57. The molecule has 0 bridgehead atoms. The van der Waals surface area contributed by atoms with E-state index in [-0.39, 0.29) is 18.2 Å². The molecule has 2 heterocycles. The molecule has 0 spiro atoms. The Hall–Kier alpha value is -4.23. The number of aldehydes is 1. The number of rotatable bonds is 11. The zero-order valence-corrected chi connectivity index (χ0v) is 24.3.